The Bertz CT molecular complexity index is 710. The maximum Gasteiger partial charge on any atom is 0.251 e. The zero-order valence-corrected chi connectivity index (χ0v) is 14.9. The van der Waals surface area contributed by atoms with E-state index in [0.717, 1.165) is 18.7 Å². The molecule has 2 aliphatic rings. The van der Waals surface area contributed by atoms with E-state index in [1.54, 1.807) is 4.31 Å². The summed E-state index contributed by atoms with van der Waals surface area (Å²) < 4.78 is 25.7. The molecule has 24 heavy (non-hydrogen) atoms. The Morgan fingerprint density at radius 2 is 2.08 bits per heavy atom. The lowest BCUT2D eigenvalue weighted by molar-refractivity contribution is 0.0924. The predicted molar refractivity (Wildman–Crippen MR) is 94.8 cm³/mol. The third kappa shape index (κ3) is 3.72. The van der Waals surface area contributed by atoms with E-state index in [9.17, 15) is 13.2 Å². The van der Waals surface area contributed by atoms with E-state index in [0.29, 0.717) is 37.9 Å². The van der Waals surface area contributed by atoms with Crippen LogP contribution in [0.2, 0.25) is 0 Å². The minimum Gasteiger partial charge on any atom is -0.384 e. The van der Waals surface area contributed by atoms with E-state index < -0.39 is 10.0 Å². The van der Waals surface area contributed by atoms with Gasteiger partial charge in [-0.3, -0.25) is 4.79 Å². The maximum atomic E-state index is 12.4. The van der Waals surface area contributed by atoms with Crippen LogP contribution >= 0.6 is 0 Å². The number of amides is 1. The molecule has 0 unspecified atom stereocenters. The van der Waals surface area contributed by atoms with Gasteiger partial charge in [-0.25, -0.2) is 12.7 Å². The smallest absolute Gasteiger partial charge is 0.251 e. The quantitative estimate of drug-likeness (QED) is 0.844. The molecule has 2 aliphatic heterocycles. The van der Waals surface area contributed by atoms with Crippen molar-refractivity contribution in [2.24, 2.45) is 0 Å². The van der Waals surface area contributed by atoms with Crippen molar-refractivity contribution in [3.63, 3.8) is 0 Å². The second-order valence-corrected chi connectivity index (χ2v) is 8.60. The zero-order chi connectivity index (χ0) is 17.2. The number of nitrogens with one attached hydrogen (secondary N) is 2. The van der Waals surface area contributed by atoms with E-state index in [-0.39, 0.29) is 17.7 Å². The summed E-state index contributed by atoms with van der Waals surface area (Å²) >= 11 is 0. The number of anilines is 1. The Morgan fingerprint density at radius 3 is 2.79 bits per heavy atom. The molecule has 1 saturated heterocycles. The van der Waals surface area contributed by atoms with Crippen LogP contribution in [0.3, 0.4) is 0 Å². The van der Waals surface area contributed by atoms with Crippen molar-refractivity contribution in [3.05, 3.63) is 29.3 Å². The van der Waals surface area contributed by atoms with Crippen LogP contribution in [0.5, 0.6) is 0 Å². The monoisotopic (exact) mass is 351 g/mol. The molecule has 1 aromatic rings. The molecule has 2 heterocycles. The zero-order valence-electron chi connectivity index (χ0n) is 14.0. The highest BCUT2D eigenvalue weighted by molar-refractivity contribution is 7.89. The Kier molecular flexibility index (Phi) is 5.10. The molecule has 0 saturated carbocycles. The molecule has 0 bridgehead atoms. The maximum absolute atomic E-state index is 12.4. The molecule has 0 spiro atoms. The third-order valence-electron chi connectivity index (χ3n) is 4.72. The van der Waals surface area contributed by atoms with Crippen molar-refractivity contribution in [2.75, 3.05) is 30.7 Å². The second kappa shape index (κ2) is 7.11. The van der Waals surface area contributed by atoms with Crippen LogP contribution in [0.1, 0.15) is 42.1 Å². The van der Waals surface area contributed by atoms with E-state index >= 15 is 0 Å². The molecule has 0 aliphatic carbocycles. The van der Waals surface area contributed by atoms with Crippen LogP contribution < -0.4 is 10.6 Å². The minimum absolute atomic E-state index is 0.0388. The largest absolute Gasteiger partial charge is 0.384 e. The van der Waals surface area contributed by atoms with Gasteiger partial charge in [-0.15, -0.1) is 0 Å². The number of carbonyl (C=O) groups is 1. The van der Waals surface area contributed by atoms with Gasteiger partial charge in [-0.1, -0.05) is 6.92 Å². The molecule has 132 valence electrons. The molecule has 2 N–H and O–H groups in total. The number of benzene rings is 1. The molecule has 1 aromatic carbocycles. The lowest BCUT2D eigenvalue weighted by Crippen LogP contribution is -2.47. The summed E-state index contributed by atoms with van der Waals surface area (Å²) in [6, 6.07) is 5.78. The lowest BCUT2D eigenvalue weighted by atomic mass is 10.0. The van der Waals surface area contributed by atoms with Crippen molar-refractivity contribution in [1.82, 2.24) is 9.62 Å². The van der Waals surface area contributed by atoms with Crippen molar-refractivity contribution < 1.29 is 13.2 Å². The summed E-state index contributed by atoms with van der Waals surface area (Å²) in [5.41, 5.74) is 2.97. The molecule has 1 amide bonds. The summed E-state index contributed by atoms with van der Waals surface area (Å²) in [6.07, 6.45) is 2.92. The number of nitrogens with zero attached hydrogens (tertiary/aromatic N) is 1. The number of piperidine rings is 1. The Morgan fingerprint density at radius 1 is 1.33 bits per heavy atom. The van der Waals surface area contributed by atoms with Gasteiger partial charge in [0.1, 0.15) is 0 Å². The first-order chi connectivity index (χ1) is 11.5. The van der Waals surface area contributed by atoms with Crippen LogP contribution in [0, 0.1) is 0 Å². The predicted octanol–water partition coefficient (Wildman–Crippen LogP) is 1.59. The molecule has 6 nitrogen and oxygen atoms in total. The summed E-state index contributed by atoms with van der Waals surface area (Å²) in [5.74, 6) is 0.132. The summed E-state index contributed by atoms with van der Waals surface area (Å²) in [7, 11) is -3.13. The normalized spacial score (nSPS) is 18.9. The highest BCUT2D eigenvalue weighted by atomic mass is 32.2. The van der Waals surface area contributed by atoms with E-state index in [2.05, 4.69) is 10.6 Å². The van der Waals surface area contributed by atoms with Crippen LogP contribution in [0.25, 0.3) is 0 Å². The highest BCUT2D eigenvalue weighted by Gasteiger charge is 2.28. The average molecular weight is 351 g/mol. The number of carbonyl (C=O) groups excluding carboxylic acids is 1. The fourth-order valence-electron chi connectivity index (χ4n) is 3.38. The Balaban J connectivity index is 1.55. The molecular weight excluding hydrogens is 326 g/mol. The van der Waals surface area contributed by atoms with Crippen molar-refractivity contribution in [3.8, 4) is 0 Å². The van der Waals surface area contributed by atoms with Gasteiger partial charge >= 0.3 is 0 Å². The third-order valence-corrected chi connectivity index (χ3v) is 6.80. The Labute approximate surface area is 143 Å². The van der Waals surface area contributed by atoms with Crippen LogP contribution in [0.4, 0.5) is 5.69 Å². The average Bonchev–Trinajstić information content (AvgIpc) is 3.03. The number of rotatable bonds is 5. The topological polar surface area (TPSA) is 78.5 Å². The van der Waals surface area contributed by atoms with Gasteiger partial charge in [-0.2, -0.15) is 0 Å². The first-order valence-electron chi connectivity index (χ1n) is 8.65. The van der Waals surface area contributed by atoms with Gasteiger partial charge in [0.25, 0.3) is 5.91 Å². The number of fused-ring (bicyclic) bond motifs is 1. The molecule has 0 radical (unpaired) electrons. The minimum atomic E-state index is -3.13. The number of hydrogen-bond donors (Lipinski definition) is 2. The molecule has 0 aromatic heterocycles. The van der Waals surface area contributed by atoms with Crippen molar-refractivity contribution in [2.45, 2.75) is 38.6 Å². The van der Waals surface area contributed by atoms with Gasteiger partial charge in [0, 0.05) is 36.9 Å². The van der Waals surface area contributed by atoms with Crippen LogP contribution in [0.15, 0.2) is 18.2 Å². The van der Waals surface area contributed by atoms with Crippen molar-refractivity contribution >= 4 is 21.6 Å². The standard InChI is InChI=1S/C17H25N3O3S/c1-2-11-24(22,23)20-9-6-15(7-10-20)19-17(21)14-3-4-16-13(12-14)5-8-18-16/h3-4,12,15,18H,2,5-11H2,1H3,(H,19,21). The lowest BCUT2D eigenvalue weighted by Gasteiger charge is -2.31. The molecule has 7 heteroatoms. The molecule has 0 atom stereocenters. The van der Waals surface area contributed by atoms with Crippen LogP contribution in [-0.2, 0) is 16.4 Å². The Hall–Kier alpha value is -1.60. The van der Waals surface area contributed by atoms with E-state index in [1.807, 2.05) is 25.1 Å². The SMILES string of the molecule is CCCS(=O)(=O)N1CCC(NC(=O)c2ccc3c(c2)CCN3)CC1. The van der Waals surface area contributed by atoms with Crippen LogP contribution in [-0.4, -0.2) is 50.1 Å². The van der Waals surface area contributed by atoms with Gasteiger partial charge < -0.3 is 10.6 Å². The highest BCUT2D eigenvalue weighted by Crippen LogP contribution is 2.23. The fraction of sp³-hybridized carbons (Fsp3) is 0.588. The first kappa shape index (κ1) is 17.2. The second-order valence-electron chi connectivity index (χ2n) is 6.51. The van der Waals surface area contributed by atoms with E-state index in [4.69, 9.17) is 0 Å². The molecule has 3 rings (SSSR count). The summed E-state index contributed by atoms with van der Waals surface area (Å²) in [5, 5.41) is 6.33. The van der Waals surface area contributed by atoms with Gasteiger partial charge in [0.15, 0.2) is 0 Å². The summed E-state index contributed by atoms with van der Waals surface area (Å²) in [6.45, 7) is 3.77. The summed E-state index contributed by atoms with van der Waals surface area (Å²) in [4.78, 5) is 12.4. The van der Waals surface area contributed by atoms with Gasteiger partial charge in [0.05, 0.1) is 5.75 Å². The van der Waals surface area contributed by atoms with Crippen molar-refractivity contribution in [1.29, 1.82) is 0 Å². The fourth-order valence-corrected chi connectivity index (χ4v) is 4.92. The number of hydrogen-bond acceptors (Lipinski definition) is 4. The van der Waals surface area contributed by atoms with Gasteiger partial charge in [0.2, 0.25) is 10.0 Å². The molecular formula is C17H25N3O3S. The molecule has 1 fully saturated rings. The van der Waals surface area contributed by atoms with E-state index in [1.165, 1.54) is 5.56 Å². The number of sulfonamides is 1. The van der Waals surface area contributed by atoms with Gasteiger partial charge in [-0.05, 0) is 49.4 Å². The first-order valence-corrected chi connectivity index (χ1v) is 10.3.